The van der Waals surface area contributed by atoms with Gasteiger partial charge in [0, 0.05) is 16.5 Å². The maximum Gasteiger partial charge on any atom is 0.195 e. The minimum absolute atomic E-state index is 0.236. The molecule has 1 aromatic heterocycles. The summed E-state index contributed by atoms with van der Waals surface area (Å²) < 4.78 is 19.1. The number of aromatic nitrogens is 1. The summed E-state index contributed by atoms with van der Waals surface area (Å²) in [5.74, 6) is 0.688. The minimum Gasteiger partial charge on any atom is -0.496 e. The first-order chi connectivity index (χ1) is 12.2. The molecule has 0 aliphatic rings. The number of nitrogens with two attached hydrogens (primary N) is 1. The molecule has 0 bridgehead atoms. The Balaban J connectivity index is 1.69. The van der Waals surface area contributed by atoms with Gasteiger partial charge in [0.2, 0.25) is 0 Å². The number of rotatable bonds is 5. The summed E-state index contributed by atoms with van der Waals surface area (Å²) in [6, 6.07) is 14.1. The normalized spacial score (nSPS) is 11.4. The minimum atomic E-state index is -0.308. The number of hydrogen-bond acceptors (Lipinski definition) is 4. The number of nitrogens with zero attached hydrogens (tertiary/aromatic N) is 2. The van der Waals surface area contributed by atoms with Crippen molar-refractivity contribution in [1.29, 1.82) is 0 Å². The maximum atomic E-state index is 13.8. The summed E-state index contributed by atoms with van der Waals surface area (Å²) >= 11 is 1.34. The van der Waals surface area contributed by atoms with Crippen LogP contribution in [0.5, 0.6) is 5.75 Å². The van der Waals surface area contributed by atoms with E-state index < -0.39 is 0 Å². The molecule has 0 aliphatic heterocycles. The molecule has 3 aromatic rings. The Kier molecular flexibility index (Phi) is 5.25. The number of halogens is 1. The average Bonchev–Trinajstić information content (AvgIpc) is 3.08. The topological polar surface area (TPSA) is 72.5 Å². The van der Waals surface area contributed by atoms with E-state index >= 15 is 0 Å². The zero-order valence-corrected chi connectivity index (χ0v) is 14.4. The fourth-order valence-electron chi connectivity index (χ4n) is 2.28. The van der Waals surface area contributed by atoms with Crippen LogP contribution in [0, 0.1) is 5.82 Å². The molecule has 128 valence electrons. The molecular weight excluding hydrogens is 339 g/mol. The van der Waals surface area contributed by atoms with Gasteiger partial charge in [-0.1, -0.05) is 30.3 Å². The molecule has 5 nitrogen and oxygen atoms in total. The first-order valence-electron chi connectivity index (χ1n) is 7.56. The predicted molar refractivity (Wildman–Crippen MR) is 99.5 cm³/mol. The lowest BCUT2D eigenvalue weighted by molar-refractivity contribution is 0.410. The number of ether oxygens (including phenoxy) is 1. The summed E-state index contributed by atoms with van der Waals surface area (Å²) in [6.07, 6.45) is 0. The van der Waals surface area contributed by atoms with E-state index in [0.717, 1.165) is 11.3 Å². The van der Waals surface area contributed by atoms with E-state index in [-0.39, 0.29) is 11.8 Å². The third-order valence-electron chi connectivity index (χ3n) is 3.50. The molecule has 0 spiro atoms. The number of thiazole rings is 1. The molecule has 0 fully saturated rings. The highest BCUT2D eigenvalue weighted by molar-refractivity contribution is 7.14. The van der Waals surface area contributed by atoms with Gasteiger partial charge in [-0.25, -0.2) is 14.4 Å². The van der Waals surface area contributed by atoms with Crippen LogP contribution < -0.4 is 15.8 Å². The van der Waals surface area contributed by atoms with Gasteiger partial charge in [0.15, 0.2) is 11.1 Å². The fourth-order valence-corrected chi connectivity index (χ4v) is 2.99. The number of para-hydroxylation sites is 1. The molecule has 1 heterocycles. The van der Waals surface area contributed by atoms with Gasteiger partial charge in [-0.15, -0.1) is 11.3 Å². The van der Waals surface area contributed by atoms with Crippen LogP contribution >= 0.6 is 11.3 Å². The van der Waals surface area contributed by atoms with Crippen molar-refractivity contribution in [3.8, 4) is 17.0 Å². The Morgan fingerprint density at radius 1 is 1.24 bits per heavy atom. The lowest BCUT2D eigenvalue weighted by Crippen LogP contribution is -2.22. The molecule has 0 radical (unpaired) electrons. The van der Waals surface area contributed by atoms with E-state index in [1.54, 1.807) is 30.7 Å². The molecule has 2 aromatic carbocycles. The number of guanidine groups is 1. The quantitative estimate of drug-likeness (QED) is 0.537. The van der Waals surface area contributed by atoms with Crippen LogP contribution in [-0.4, -0.2) is 18.1 Å². The zero-order valence-electron chi connectivity index (χ0n) is 13.6. The highest BCUT2D eigenvalue weighted by atomic mass is 32.1. The Morgan fingerprint density at radius 2 is 2.00 bits per heavy atom. The average molecular weight is 356 g/mol. The molecule has 0 saturated carbocycles. The third kappa shape index (κ3) is 4.13. The summed E-state index contributed by atoms with van der Waals surface area (Å²) in [7, 11) is 1.62. The standard InChI is InChI=1S/C18H17FN4OS/c1-24-16-9-5-2-6-12(16)10-21-17(20)23-18-22-15(11-25-18)13-7-3-4-8-14(13)19/h2-9,11H,10H2,1H3,(H3,20,21,22,23). The summed E-state index contributed by atoms with van der Waals surface area (Å²) in [5.41, 5.74) is 7.86. The van der Waals surface area contributed by atoms with Gasteiger partial charge >= 0.3 is 0 Å². The predicted octanol–water partition coefficient (Wildman–Crippen LogP) is 3.88. The van der Waals surface area contributed by atoms with Crippen LogP contribution in [0.4, 0.5) is 9.52 Å². The van der Waals surface area contributed by atoms with Crippen molar-refractivity contribution in [1.82, 2.24) is 4.98 Å². The number of anilines is 1. The molecule has 7 heteroatoms. The number of benzene rings is 2. The van der Waals surface area contributed by atoms with Gasteiger partial charge in [-0.05, 0) is 18.2 Å². The lowest BCUT2D eigenvalue weighted by Gasteiger charge is -2.06. The number of nitrogens with one attached hydrogen (secondary N) is 1. The molecular formula is C18H17FN4OS. The van der Waals surface area contributed by atoms with E-state index in [4.69, 9.17) is 10.5 Å². The van der Waals surface area contributed by atoms with Crippen molar-refractivity contribution in [2.24, 2.45) is 10.7 Å². The van der Waals surface area contributed by atoms with E-state index in [0.29, 0.717) is 22.9 Å². The first-order valence-corrected chi connectivity index (χ1v) is 8.44. The molecule has 0 unspecified atom stereocenters. The number of aliphatic imine (C=N–C) groups is 1. The van der Waals surface area contributed by atoms with Gasteiger partial charge in [0.25, 0.3) is 0 Å². The monoisotopic (exact) mass is 356 g/mol. The van der Waals surface area contributed by atoms with Crippen LogP contribution in [0.3, 0.4) is 0 Å². The van der Waals surface area contributed by atoms with Crippen molar-refractivity contribution >= 4 is 22.4 Å². The zero-order chi connectivity index (χ0) is 17.6. The molecule has 25 heavy (non-hydrogen) atoms. The molecule has 3 N–H and O–H groups in total. The van der Waals surface area contributed by atoms with E-state index in [1.165, 1.54) is 17.4 Å². The lowest BCUT2D eigenvalue weighted by atomic mass is 10.2. The Hall–Kier alpha value is -2.93. The van der Waals surface area contributed by atoms with E-state index in [9.17, 15) is 4.39 Å². The Morgan fingerprint density at radius 3 is 2.80 bits per heavy atom. The largest absolute Gasteiger partial charge is 0.496 e. The highest BCUT2D eigenvalue weighted by Gasteiger charge is 2.09. The Labute approximate surface area is 149 Å². The molecule has 0 atom stereocenters. The van der Waals surface area contributed by atoms with Crippen LogP contribution in [0.1, 0.15) is 5.56 Å². The summed E-state index contributed by atoms with van der Waals surface area (Å²) in [4.78, 5) is 8.65. The smallest absolute Gasteiger partial charge is 0.195 e. The molecule has 0 amide bonds. The number of hydrogen-bond donors (Lipinski definition) is 2. The van der Waals surface area contributed by atoms with Gasteiger partial charge in [-0.2, -0.15) is 0 Å². The second-order valence-electron chi connectivity index (χ2n) is 5.16. The fraction of sp³-hybridized carbons (Fsp3) is 0.111. The van der Waals surface area contributed by atoms with Crippen LogP contribution in [0.15, 0.2) is 58.9 Å². The molecule has 3 rings (SSSR count). The third-order valence-corrected chi connectivity index (χ3v) is 4.26. The van der Waals surface area contributed by atoms with Gasteiger partial charge < -0.3 is 15.8 Å². The second kappa shape index (κ2) is 7.76. The highest BCUT2D eigenvalue weighted by Crippen LogP contribution is 2.26. The van der Waals surface area contributed by atoms with E-state index in [1.807, 2.05) is 24.3 Å². The van der Waals surface area contributed by atoms with Crippen molar-refractivity contribution in [2.45, 2.75) is 6.54 Å². The van der Waals surface area contributed by atoms with Crippen molar-refractivity contribution in [3.63, 3.8) is 0 Å². The SMILES string of the molecule is COc1ccccc1CN=C(N)Nc1nc(-c2ccccc2F)cs1. The first kappa shape index (κ1) is 16.9. The number of methoxy groups -OCH3 is 1. The molecule has 0 aliphatic carbocycles. The summed E-state index contributed by atoms with van der Waals surface area (Å²) in [6.45, 7) is 0.383. The summed E-state index contributed by atoms with van der Waals surface area (Å²) in [5, 5.41) is 5.26. The van der Waals surface area contributed by atoms with Crippen molar-refractivity contribution in [3.05, 3.63) is 65.3 Å². The van der Waals surface area contributed by atoms with E-state index in [2.05, 4.69) is 15.3 Å². The molecule has 0 saturated heterocycles. The van der Waals surface area contributed by atoms with Crippen LogP contribution in [0.2, 0.25) is 0 Å². The van der Waals surface area contributed by atoms with Crippen LogP contribution in [-0.2, 0) is 6.54 Å². The maximum absolute atomic E-state index is 13.8. The Bertz CT molecular complexity index is 894. The van der Waals surface area contributed by atoms with Crippen molar-refractivity contribution < 1.29 is 9.13 Å². The van der Waals surface area contributed by atoms with Gasteiger partial charge in [0.1, 0.15) is 11.6 Å². The van der Waals surface area contributed by atoms with Gasteiger partial charge in [0.05, 0.1) is 19.3 Å². The van der Waals surface area contributed by atoms with Crippen LogP contribution in [0.25, 0.3) is 11.3 Å². The van der Waals surface area contributed by atoms with Crippen molar-refractivity contribution in [2.75, 3.05) is 12.4 Å². The van der Waals surface area contributed by atoms with Gasteiger partial charge in [-0.3, -0.25) is 0 Å². The second-order valence-corrected chi connectivity index (χ2v) is 6.01.